The van der Waals surface area contributed by atoms with Crippen molar-refractivity contribution in [1.82, 2.24) is 10.3 Å². The van der Waals surface area contributed by atoms with Crippen LogP contribution in [0, 0.1) is 11.8 Å². The summed E-state index contributed by atoms with van der Waals surface area (Å²) in [5.74, 6) is 5.64. The minimum atomic E-state index is -1.52. The summed E-state index contributed by atoms with van der Waals surface area (Å²) in [6.45, 7) is 2.34. The first-order chi connectivity index (χ1) is 10.7. The van der Waals surface area contributed by atoms with Crippen LogP contribution in [-0.4, -0.2) is 17.2 Å². The van der Waals surface area contributed by atoms with Gasteiger partial charge in [-0.2, -0.15) is 0 Å². The van der Waals surface area contributed by atoms with Crippen LogP contribution >= 0.6 is 0 Å². The van der Waals surface area contributed by atoms with Crippen molar-refractivity contribution < 1.29 is 4.39 Å². The maximum atomic E-state index is 15.0. The lowest BCUT2D eigenvalue weighted by molar-refractivity contribution is 0.220. The third-order valence-corrected chi connectivity index (χ3v) is 3.72. The Labute approximate surface area is 132 Å². The van der Waals surface area contributed by atoms with Gasteiger partial charge in [-0.3, -0.25) is 0 Å². The van der Waals surface area contributed by atoms with Crippen LogP contribution in [0.5, 0.6) is 0 Å². The van der Waals surface area contributed by atoms with E-state index >= 15 is 4.39 Å². The molecule has 1 aromatic rings. The van der Waals surface area contributed by atoms with Gasteiger partial charge in [0, 0.05) is 6.20 Å². The van der Waals surface area contributed by atoms with Crippen LogP contribution in [0.2, 0.25) is 0 Å². The molecule has 2 heterocycles. The van der Waals surface area contributed by atoms with E-state index < -0.39 is 5.67 Å². The van der Waals surface area contributed by atoms with Crippen LogP contribution in [0.3, 0.4) is 0 Å². The molecule has 0 saturated heterocycles. The summed E-state index contributed by atoms with van der Waals surface area (Å²) in [5.41, 5.74) is 0.385. The second kappa shape index (κ2) is 8.38. The van der Waals surface area contributed by atoms with Crippen LogP contribution in [-0.2, 0) is 0 Å². The Bertz CT molecular complexity index is 580. The second-order valence-electron chi connectivity index (χ2n) is 5.52. The molecule has 3 heteroatoms. The zero-order valence-corrected chi connectivity index (χ0v) is 13.1. The number of alkyl halides is 1. The van der Waals surface area contributed by atoms with Gasteiger partial charge in [0.15, 0.2) is 5.67 Å². The van der Waals surface area contributed by atoms with E-state index in [0.717, 1.165) is 25.7 Å². The smallest absolute Gasteiger partial charge is 0.188 e. The summed E-state index contributed by atoms with van der Waals surface area (Å²) in [4.78, 5) is 4.12. The molecular weight excluding hydrogens is 275 g/mol. The average Bonchev–Trinajstić information content (AvgIpc) is 2.59. The van der Waals surface area contributed by atoms with Crippen molar-refractivity contribution >= 4 is 0 Å². The van der Waals surface area contributed by atoms with Crippen LogP contribution in [0.25, 0.3) is 0 Å². The van der Waals surface area contributed by atoms with Gasteiger partial charge in [0.2, 0.25) is 0 Å². The SMILES string of the molecule is CCC1=C/CCCCC(F)(C#Cc2ccccn2)CN\C=C\1. The number of aromatic nitrogens is 1. The molecule has 1 aromatic heterocycles. The Morgan fingerprint density at radius 1 is 1.36 bits per heavy atom. The van der Waals surface area contributed by atoms with Gasteiger partial charge in [0.25, 0.3) is 0 Å². The topological polar surface area (TPSA) is 24.9 Å². The Morgan fingerprint density at radius 2 is 2.27 bits per heavy atom. The second-order valence-corrected chi connectivity index (χ2v) is 5.52. The van der Waals surface area contributed by atoms with Gasteiger partial charge in [-0.05, 0) is 62.4 Å². The fourth-order valence-corrected chi connectivity index (χ4v) is 2.36. The van der Waals surface area contributed by atoms with Crippen molar-refractivity contribution in [2.24, 2.45) is 0 Å². The Hall–Kier alpha value is -2.08. The molecule has 2 nitrogen and oxygen atoms in total. The van der Waals surface area contributed by atoms with E-state index in [4.69, 9.17) is 0 Å². The zero-order chi connectivity index (χ0) is 15.7. The van der Waals surface area contributed by atoms with Gasteiger partial charge in [0.1, 0.15) is 5.69 Å². The first kappa shape index (κ1) is 16.3. The standard InChI is InChI=1S/C19H23FN2/c1-2-17-8-4-3-6-12-19(20,16-21-15-11-17)13-10-18-9-5-7-14-22-18/h5,7-9,11,14-15,21H,2-4,6,12,16H2,1H3/b15-11+,17-8-. The maximum Gasteiger partial charge on any atom is 0.188 e. The lowest BCUT2D eigenvalue weighted by Crippen LogP contribution is -2.33. The molecule has 0 bridgehead atoms. The number of halogens is 1. The van der Waals surface area contributed by atoms with E-state index in [1.807, 2.05) is 24.4 Å². The van der Waals surface area contributed by atoms with Gasteiger partial charge < -0.3 is 5.32 Å². The molecular formula is C19H23FN2. The predicted molar refractivity (Wildman–Crippen MR) is 88.9 cm³/mol. The lowest BCUT2D eigenvalue weighted by Gasteiger charge is -2.19. The number of nitrogens with zero attached hydrogens (tertiary/aromatic N) is 1. The fraction of sp³-hybridized carbons (Fsp3) is 0.421. The molecule has 0 amide bonds. The summed E-state index contributed by atoms with van der Waals surface area (Å²) in [5, 5.41) is 3.05. The average molecular weight is 298 g/mol. The highest BCUT2D eigenvalue weighted by molar-refractivity contribution is 5.31. The zero-order valence-electron chi connectivity index (χ0n) is 13.1. The van der Waals surface area contributed by atoms with Gasteiger partial charge in [-0.1, -0.05) is 30.6 Å². The van der Waals surface area contributed by atoms with Crippen molar-refractivity contribution in [3.63, 3.8) is 0 Å². The molecule has 2 rings (SSSR count). The molecule has 0 radical (unpaired) electrons. The molecule has 0 saturated carbocycles. The Morgan fingerprint density at radius 3 is 3.05 bits per heavy atom. The van der Waals surface area contributed by atoms with Crippen LogP contribution in [0.1, 0.15) is 44.7 Å². The maximum absolute atomic E-state index is 15.0. The van der Waals surface area contributed by atoms with Crippen LogP contribution in [0.15, 0.2) is 48.3 Å². The number of hydrogen-bond donors (Lipinski definition) is 1. The first-order valence-electron chi connectivity index (χ1n) is 7.94. The van der Waals surface area contributed by atoms with Gasteiger partial charge in [-0.25, -0.2) is 9.37 Å². The molecule has 1 unspecified atom stereocenters. The molecule has 1 aliphatic heterocycles. The number of allylic oxidation sites excluding steroid dienone is 3. The highest BCUT2D eigenvalue weighted by Crippen LogP contribution is 2.20. The number of nitrogens with one attached hydrogen (secondary N) is 1. The van der Waals surface area contributed by atoms with E-state index in [1.54, 1.807) is 12.3 Å². The van der Waals surface area contributed by atoms with E-state index in [-0.39, 0.29) is 6.54 Å². The van der Waals surface area contributed by atoms with E-state index in [1.165, 1.54) is 5.57 Å². The van der Waals surface area contributed by atoms with Crippen molar-refractivity contribution in [2.45, 2.75) is 44.7 Å². The molecule has 116 valence electrons. The van der Waals surface area contributed by atoms with Gasteiger partial charge in [0.05, 0.1) is 6.54 Å². The number of rotatable bonds is 1. The third kappa shape index (κ3) is 5.37. The van der Waals surface area contributed by atoms with Gasteiger partial charge in [-0.15, -0.1) is 0 Å². The molecule has 0 fully saturated rings. The van der Waals surface area contributed by atoms with E-state index in [9.17, 15) is 0 Å². The monoisotopic (exact) mass is 298 g/mol. The molecule has 0 spiro atoms. The van der Waals surface area contributed by atoms with Crippen LogP contribution < -0.4 is 5.32 Å². The summed E-state index contributed by atoms with van der Waals surface area (Å²) in [6, 6.07) is 5.48. The van der Waals surface area contributed by atoms with Crippen LogP contribution in [0.4, 0.5) is 4.39 Å². The lowest BCUT2D eigenvalue weighted by atomic mass is 9.98. The minimum absolute atomic E-state index is 0.209. The normalized spacial score (nSPS) is 26.4. The van der Waals surface area contributed by atoms with E-state index in [0.29, 0.717) is 12.1 Å². The molecule has 1 atom stereocenters. The summed E-state index contributed by atoms with van der Waals surface area (Å²) in [6.07, 6.45) is 12.0. The molecule has 0 aromatic carbocycles. The quantitative estimate of drug-likeness (QED) is 0.788. The Balaban J connectivity index is 2.08. The summed E-state index contributed by atoms with van der Waals surface area (Å²) < 4.78 is 15.0. The van der Waals surface area contributed by atoms with Crippen molar-refractivity contribution in [2.75, 3.05) is 6.54 Å². The highest BCUT2D eigenvalue weighted by Gasteiger charge is 2.26. The van der Waals surface area contributed by atoms with E-state index in [2.05, 4.69) is 35.1 Å². The Kier molecular flexibility index (Phi) is 6.21. The highest BCUT2D eigenvalue weighted by atomic mass is 19.1. The molecule has 1 N–H and O–H groups in total. The van der Waals surface area contributed by atoms with Crippen molar-refractivity contribution in [1.29, 1.82) is 0 Å². The molecule has 1 aliphatic rings. The molecule has 0 aliphatic carbocycles. The van der Waals surface area contributed by atoms with Crippen molar-refractivity contribution in [3.05, 3.63) is 54.0 Å². The fourth-order valence-electron chi connectivity index (χ4n) is 2.36. The predicted octanol–water partition coefficient (Wildman–Crippen LogP) is 4.16. The largest absolute Gasteiger partial charge is 0.387 e. The summed E-state index contributed by atoms with van der Waals surface area (Å²) in [7, 11) is 0. The number of hydrogen-bond acceptors (Lipinski definition) is 2. The van der Waals surface area contributed by atoms with Crippen molar-refractivity contribution in [3.8, 4) is 11.8 Å². The number of pyridine rings is 1. The minimum Gasteiger partial charge on any atom is -0.387 e. The summed E-state index contributed by atoms with van der Waals surface area (Å²) >= 11 is 0. The van der Waals surface area contributed by atoms with Gasteiger partial charge >= 0.3 is 0 Å². The molecule has 22 heavy (non-hydrogen) atoms. The third-order valence-electron chi connectivity index (χ3n) is 3.72. The first-order valence-corrected chi connectivity index (χ1v) is 7.94.